The highest BCUT2D eigenvalue weighted by Gasteiger charge is 2.21. The Morgan fingerprint density at radius 3 is 2.52 bits per heavy atom. The minimum absolute atomic E-state index is 0.0390. The van der Waals surface area contributed by atoms with Gasteiger partial charge >= 0.3 is 11.8 Å². The Kier molecular flexibility index (Phi) is 5.48. The summed E-state index contributed by atoms with van der Waals surface area (Å²) in [5.74, 6) is -1.70. The molecule has 1 unspecified atom stereocenters. The summed E-state index contributed by atoms with van der Waals surface area (Å²) in [7, 11) is 3.66. The zero-order chi connectivity index (χ0) is 16.8. The summed E-state index contributed by atoms with van der Waals surface area (Å²) in [5.41, 5.74) is -0.0390. The fourth-order valence-electron chi connectivity index (χ4n) is 2.03. The van der Waals surface area contributed by atoms with Gasteiger partial charge in [0.1, 0.15) is 11.6 Å². The van der Waals surface area contributed by atoms with Crippen molar-refractivity contribution in [3.8, 4) is 0 Å². The first-order valence-corrected chi connectivity index (χ1v) is 7.02. The van der Waals surface area contributed by atoms with Gasteiger partial charge in [-0.2, -0.15) is 0 Å². The van der Waals surface area contributed by atoms with E-state index in [1.165, 1.54) is 18.2 Å². The van der Waals surface area contributed by atoms with Crippen LogP contribution in [0.2, 0.25) is 0 Å². The molecule has 2 rings (SSSR count). The fourth-order valence-corrected chi connectivity index (χ4v) is 2.03. The number of hydrogen-bond donors (Lipinski definition) is 2. The van der Waals surface area contributed by atoms with E-state index in [4.69, 9.17) is 4.42 Å². The van der Waals surface area contributed by atoms with Crippen molar-refractivity contribution >= 4 is 17.5 Å². The molecule has 1 aromatic carbocycles. The summed E-state index contributed by atoms with van der Waals surface area (Å²) in [6, 6.07) is 8.97. The van der Waals surface area contributed by atoms with Crippen molar-refractivity contribution in [3.63, 3.8) is 0 Å². The Labute approximate surface area is 133 Å². The summed E-state index contributed by atoms with van der Waals surface area (Å²) in [6.07, 6.45) is 1.54. The second kappa shape index (κ2) is 7.55. The van der Waals surface area contributed by atoms with E-state index in [2.05, 4.69) is 10.6 Å². The van der Waals surface area contributed by atoms with Crippen molar-refractivity contribution < 1.29 is 18.4 Å². The molecule has 1 atom stereocenters. The normalized spacial score (nSPS) is 12.0. The number of hydrogen-bond acceptors (Lipinski definition) is 4. The van der Waals surface area contributed by atoms with Crippen LogP contribution in [-0.4, -0.2) is 37.4 Å². The van der Waals surface area contributed by atoms with Crippen LogP contribution in [-0.2, 0) is 9.59 Å². The summed E-state index contributed by atoms with van der Waals surface area (Å²) < 4.78 is 18.8. The molecule has 1 heterocycles. The lowest BCUT2D eigenvalue weighted by molar-refractivity contribution is -0.136. The maximum Gasteiger partial charge on any atom is 0.313 e. The number of benzene rings is 1. The molecule has 122 valence electrons. The SMILES string of the molecule is CN(C)C(CNC(=O)C(=O)Nc1ccccc1F)c1ccco1. The number of rotatable bonds is 5. The molecule has 0 radical (unpaired) electrons. The molecule has 7 heteroatoms. The van der Waals surface area contributed by atoms with E-state index in [0.717, 1.165) is 0 Å². The third-order valence-corrected chi connectivity index (χ3v) is 3.28. The van der Waals surface area contributed by atoms with E-state index in [-0.39, 0.29) is 18.3 Å². The van der Waals surface area contributed by atoms with Gasteiger partial charge in [0.05, 0.1) is 18.0 Å². The molecular formula is C16H18FN3O3. The average Bonchev–Trinajstić information content (AvgIpc) is 3.03. The highest BCUT2D eigenvalue weighted by Crippen LogP contribution is 2.17. The maximum atomic E-state index is 13.5. The highest BCUT2D eigenvalue weighted by molar-refractivity contribution is 6.39. The Balaban J connectivity index is 1.93. The lowest BCUT2D eigenvalue weighted by Gasteiger charge is -2.22. The molecule has 2 aromatic rings. The Hall–Kier alpha value is -2.67. The van der Waals surface area contributed by atoms with Crippen LogP contribution < -0.4 is 10.6 Å². The van der Waals surface area contributed by atoms with Crippen LogP contribution in [0.1, 0.15) is 11.8 Å². The first-order chi connectivity index (χ1) is 11.0. The molecule has 2 amide bonds. The number of nitrogens with one attached hydrogen (secondary N) is 2. The van der Waals surface area contributed by atoms with E-state index >= 15 is 0 Å². The van der Waals surface area contributed by atoms with Gasteiger partial charge < -0.3 is 15.1 Å². The highest BCUT2D eigenvalue weighted by atomic mass is 19.1. The van der Waals surface area contributed by atoms with Gasteiger partial charge in [0.2, 0.25) is 0 Å². The largest absolute Gasteiger partial charge is 0.468 e. The number of carbonyl (C=O) groups excluding carboxylic acids is 2. The number of likely N-dealkylation sites (N-methyl/N-ethyl adjacent to an activating group) is 1. The third kappa shape index (κ3) is 4.40. The number of anilines is 1. The number of para-hydroxylation sites is 1. The molecule has 0 saturated carbocycles. The number of amides is 2. The monoisotopic (exact) mass is 319 g/mol. The summed E-state index contributed by atoms with van der Waals surface area (Å²) >= 11 is 0. The summed E-state index contributed by atoms with van der Waals surface area (Å²) in [5, 5.41) is 4.75. The minimum Gasteiger partial charge on any atom is -0.468 e. The van der Waals surface area contributed by atoms with Gasteiger partial charge in [-0.1, -0.05) is 12.1 Å². The van der Waals surface area contributed by atoms with Gasteiger partial charge in [-0.15, -0.1) is 0 Å². The van der Waals surface area contributed by atoms with Gasteiger partial charge in [-0.05, 0) is 38.4 Å². The van der Waals surface area contributed by atoms with Crippen LogP contribution in [0.5, 0.6) is 0 Å². The van der Waals surface area contributed by atoms with Crippen LogP contribution in [0.4, 0.5) is 10.1 Å². The number of nitrogens with zero attached hydrogens (tertiary/aromatic N) is 1. The standard InChI is InChI=1S/C16H18FN3O3/c1-20(2)13(14-8-5-9-23-14)10-18-15(21)16(22)19-12-7-4-3-6-11(12)17/h3-9,13H,10H2,1-2H3,(H,18,21)(H,19,22). The molecular weight excluding hydrogens is 301 g/mol. The molecule has 0 saturated heterocycles. The molecule has 0 fully saturated rings. The van der Waals surface area contributed by atoms with Crippen LogP contribution in [0.15, 0.2) is 47.1 Å². The quantitative estimate of drug-likeness (QED) is 0.824. The molecule has 1 aromatic heterocycles. The van der Waals surface area contributed by atoms with Crippen molar-refractivity contribution in [1.29, 1.82) is 0 Å². The van der Waals surface area contributed by atoms with Crippen molar-refractivity contribution in [2.24, 2.45) is 0 Å². The van der Waals surface area contributed by atoms with Crippen LogP contribution in [0, 0.1) is 5.82 Å². The molecule has 0 spiro atoms. The zero-order valence-electron chi connectivity index (χ0n) is 12.9. The maximum absolute atomic E-state index is 13.5. The molecule has 6 nitrogen and oxygen atoms in total. The summed E-state index contributed by atoms with van der Waals surface area (Å²) in [6.45, 7) is 0.185. The van der Waals surface area contributed by atoms with Gasteiger partial charge in [-0.25, -0.2) is 4.39 Å². The van der Waals surface area contributed by atoms with Crippen molar-refractivity contribution in [2.45, 2.75) is 6.04 Å². The van der Waals surface area contributed by atoms with Gasteiger partial charge in [-0.3, -0.25) is 14.5 Å². The Bertz CT molecular complexity index is 671. The fraction of sp³-hybridized carbons (Fsp3) is 0.250. The Morgan fingerprint density at radius 1 is 1.17 bits per heavy atom. The predicted octanol–water partition coefficient (Wildman–Crippen LogP) is 1.78. The first kappa shape index (κ1) is 16.7. The van der Waals surface area contributed by atoms with E-state index in [1.807, 2.05) is 19.0 Å². The first-order valence-electron chi connectivity index (χ1n) is 7.02. The molecule has 0 aliphatic rings. The lowest BCUT2D eigenvalue weighted by atomic mass is 10.2. The molecule has 2 N–H and O–H groups in total. The van der Waals surface area contributed by atoms with Gasteiger partial charge in [0.25, 0.3) is 0 Å². The molecule has 0 aliphatic carbocycles. The van der Waals surface area contributed by atoms with Gasteiger partial charge in [0, 0.05) is 6.54 Å². The van der Waals surface area contributed by atoms with Crippen LogP contribution in [0.25, 0.3) is 0 Å². The topological polar surface area (TPSA) is 74.6 Å². The van der Waals surface area contributed by atoms with E-state index in [1.54, 1.807) is 24.5 Å². The van der Waals surface area contributed by atoms with E-state index in [9.17, 15) is 14.0 Å². The average molecular weight is 319 g/mol. The molecule has 23 heavy (non-hydrogen) atoms. The number of halogens is 1. The zero-order valence-corrected chi connectivity index (χ0v) is 12.9. The van der Waals surface area contributed by atoms with Crippen LogP contribution >= 0.6 is 0 Å². The smallest absolute Gasteiger partial charge is 0.313 e. The summed E-state index contributed by atoms with van der Waals surface area (Å²) in [4.78, 5) is 25.5. The van der Waals surface area contributed by atoms with Gasteiger partial charge in [0.15, 0.2) is 0 Å². The second-order valence-corrected chi connectivity index (χ2v) is 5.14. The number of furan rings is 1. The number of carbonyl (C=O) groups is 2. The third-order valence-electron chi connectivity index (χ3n) is 3.28. The second-order valence-electron chi connectivity index (χ2n) is 5.14. The lowest BCUT2D eigenvalue weighted by Crippen LogP contribution is -2.40. The predicted molar refractivity (Wildman–Crippen MR) is 83.2 cm³/mol. The molecule has 0 aliphatic heterocycles. The van der Waals surface area contributed by atoms with Crippen LogP contribution in [0.3, 0.4) is 0 Å². The minimum atomic E-state index is -0.924. The van der Waals surface area contributed by atoms with E-state index < -0.39 is 17.6 Å². The van der Waals surface area contributed by atoms with E-state index in [0.29, 0.717) is 5.76 Å². The van der Waals surface area contributed by atoms with Crippen molar-refractivity contribution in [3.05, 3.63) is 54.2 Å². The van der Waals surface area contributed by atoms with Crippen molar-refractivity contribution in [1.82, 2.24) is 10.2 Å². The van der Waals surface area contributed by atoms with Crippen molar-refractivity contribution in [2.75, 3.05) is 26.0 Å². The Morgan fingerprint density at radius 2 is 1.91 bits per heavy atom. The molecule has 0 bridgehead atoms.